The molecule has 0 spiro atoms. The third-order valence-electron chi connectivity index (χ3n) is 0.846. The van der Waals surface area contributed by atoms with Gasteiger partial charge in [-0.15, -0.1) is 0 Å². The Balaban J connectivity index is 3.90. The summed E-state index contributed by atoms with van der Waals surface area (Å²) in [5, 5.41) is 2.74. The van der Waals surface area contributed by atoms with Crippen LogP contribution in [0, 0.1) is 5.41 Å². The molecule has 0 saturated carbocycles. The van der Waals surface area contributed by atoms with Gasteiger partial charge in [0.2, 0.25) is 0 Å². The fourth-order valence-corrected chi connectivity index (χ4v) is 0.519. The first-order chi connectivity index (χ1) is 3.62. The lowest BCUT2D eigenvalue weighted by atomic mass is 9.96. The minimum atomic E-state index is -0.0237. The lowest BCUT2D eigenvalue weighted by molar-refractivity contribution is 0.702. The quantitative estimate of drug-likeness (QED) is 0.405. The van der Waals surface area contributed by atoms with Gasteiger partial charge in [0.1, 0.15) is 0 Å². The van der Waals surface area contributed by atoms with Gasteiger partial charge in [-0.05, 0) is 6.92 Å². The Morgan fingerprint density at radius 2 is 2.00 bits per heavy atom. The van der Waals surface area contributed by atoms with Crippen molar-refractivity contribution in [1.82, 2.24) is 0 Å². The zero-order chi connectivity index (χ0) is 6.62. The number of thiocarbonyl (C=S) groups is 1. The number of allylic oxidation sites excluding steroid dienone is 2. The van der Waals surface area contributed by atoms with E-state index in [0.29, 0.717) is 0 Å². The van der Waals surface area contributed by atoms with Gasteiger partial charge in [0.05, 0.1) is 0 Å². The summed E-state index contributed by atoms with van der Waals surface area (Å²) in [6, 6.07) is 0. The van der Waals surface area contributed by atoms with Crippen LogP contribution in [0.5, 0.6) is 0 Å². The summed E-state index contributed by atoms with van der Waals surface area (Å²) in [5.41, 5.74) is -0.0237. The van der Waals surface area contributed by atoms with E-state index < -0.39 is 0 Å². The molecule has 0 unspecified atom stereocenters. The normalized spacial score (nSPS) is 12.4. The number of rotatable bonds is 2. The highest BCUT2D eigenvalue weighted by Gasteiger charge is 2.07. The highest BCUT2D eigenvalue weighted by molar-refractivity contribution is 7.79. The van der Waals surface area contributed by atoms with Crippen molar-refractivity contribution in [3.05, 3.63) is 12.2 Å². The van der Waals surface area contributed by atoms with Crippen LogP contribution in [0.4, 0.5) is 0 Å². The third kappa shape index (κ3) is 2.92. The summed E-state index contributed by atoms with van der Waals surface area (Å²) < 4.78 is 0. The van der Waals surface area contributed by atoms with Crippen molar-refractivity contribution < 1.29 is 0 Å². The van der Waals surface area contributed by atoms with Crippen molar-refractivity contribution >= 4 is 17.6 Å². The molecule has 45 valence electrons. The van der Waals surface area contributed by atoms with E-state index in [1.165, 1.54) is 0 Å². The van der Waals surface area contributed by atoms with E-state index in [9.17, 15) is 0 Å². The summed E-state index contributed by atoms with van der Waals surface area (Å²) >= 11 is 4.65. The maximum Gasteiger partial charge on any atom is 0.0394 e. The van der Waals surface area contributed by atoms with Crippen LogP contribution < -0.4 is 0 Å². The SMILES string of the molecule is CC=CC(C)(C)[C]=S. The Kier molecular flexibility index (Phi) is 2.91. The van der Waals surface area contributed by atoms with Crippen molar-refractivity contribution in [1.29, 1.82) is 0 Å². The van der Waals surface area contributed by atoms with Crippen LogP contribution in [0.25, 0.3) is 0 Å². The topological polar surface area (TPSA) is 0 Å². The van der Waals surface area contributed by atoms with E-state index >= 15 is 0 Å². The maximum atomic E-state index is 4.65. The molecular weight excluding hydrogens is 116 g/mol. The second-order valence-electron chi connectivity index (χ2n) is 2.32. The first-order valence-corrected chi connectivity index (χ1v) is 3.06. The summed E-state index contributed by atoms with van der Waals surface area (Å²) in [5.74, 6) is 0. The van der Waals surface area contributed by atoms with Crippen LogP contribution in [-0.2, 0) is 0 Å². The minimum absolute atomic E-state index is 0.0237. The molecule has 0 atom stereocenters. The van der Waals surface area contributed by atoms with Gasteiger partial charge < -0.3 is 0 Å². The molecule has 0 bridgehead atoms. The maximum absolute atomic E-state index is 4.65. The van der Waals surface area contributed by atoms with Gasteiger partial charge in [0, 0.05) is 10.8 Å². The van der Waals surface area contributed by atoms with E-state index in [1.807, 2.05) is 32.9 Å². The molecule has 8 heavy (non-hydrogen) atoms. The van der Waals surface area contributed by atoms with Crippen molar-refractivity contribution in [3.63, 3.8) is 0 Å². The molecule has 0 saturated heterocycles. The van der Waals surface area contributed by atoms with Crippen molar-refractivity contribution in [2.24, 2.45) is 5.41 Å². The molecule has 0 rings (SSSR count). The largest absolute Gasteiger partial charge is 0.0908 e. The summed E-state index contributed by atoms with van der Waals surface area (Å²) in [6.07, 6.45) is 4.01. The molecule has 1 heteroatoms. The van der Waals surface area contributed by atoms with Gasteiger partial charge in [-0.2, -0.15) is 0 Å². The highest BCUT2D eigenvalue weighted by Crippen LogP contribution is 2.12. The molecule has 0 N–H and O–H groups in total. The van der Waals surface area contributed by atoms with E-state index in [0.717, 1.165) is 0 Å². The van der Waals surface area contributed by atoms with E-state index in [4.69, 9.17) is 0 Å². The van der Waals surface area contributed by atoms with E-state index in [-0.39, 0.29) is 5.41 Å². The molecule has 0 aromatic rings. The molecule has 0 aromatic carbocycles. The predicted octanol–water partition coefficient (Wildman–Crippen LogP) is 2.47. The third-order valence-corrected chi connectivity index (χ3v) is 1.37. The number of hydrogen-bond acceptors (Lipinski definition) is 1. The second-order valence-corrected chi connectivity index (χ2v) is 2.53. The number of hydrogen-bond donors (Lipinski definition) is 0. The highest BCUT2D eigenvalue weighted by atomic mass is 32.1. The molecule has 1 radical (unpaired) electrons. The molecule has 0 nitrogen and oxygen atoms in total. The molecule has 0 aliphatic carbocycles. The molecule has 0 aliphatic heterocycles. The Labute approximate surface area is 56.6 Å². The van der Waals surface area contributed by atoms with Gasteiger partial charge in [-0.3, -0.25) is 0 Å². The average Bonchev–Trinajstić information content (AvgIpc) is 1.67. The van der Waals surface area contributed by atoms with Gasteiger partial charge in [0.25, 0.3) is 0 Å². The molecule has 0 amide bonds. The van der Waals surface area contributed by atoms with Crippen LogP contribution in [0.3, 0.4) is 0 Å². The fraction of sp³-hybridized carbons (Fsp3) is 0.571. The standard InChI is InChI=1S/C7H11S/c1-4-5-7(2,3)6-8/h4-5H,1-3H3. The monoisotopic (exact) mass is 127 g/mol. The lowest BCUT2D eigenvalue weighted by Gasteiger charge is -2.09. The average molecular weight is 127 g/mol. The van der Waals surface area contributed by atoms with Gasteiger partial charge in [-0.25, -0.2) is 0 Å². The summed E-state index contributed by atoms with van der Waals surface area (Å²) in [4.78, 5) is 0. The second kappa shape index (κ2) is 2.98. The van der Waals surface area contributed by atoms with Crippen LogP contribution in [0.2, 0.25) is 0 Å². The van der Waals surface area contributed by atoms with Crippen molar-refractivity contribution in [2.45, 2.75) is 20.8 Å². The van der Waals surface area contributed by atoms with E-state index in [2.05, 4.69) is 17.6 Å². The van der Waals surface area contributed by atoms with Crippen LogP contribution in [0.1, 0.15) is 20.8 Å². The molecule has 0 aromatic heterocycles. The molecular formula is C7H11S. The zero-order valence-electron chi connectivity index (χ0n) is 5.56. The predicted molar refractivity (Wildman–Crippen MR) is 41.2 cm³/mol. The Morgan fingerprint density at radius 1 is 1.50 bits per heavy atom. The van der Waals surface area contributed by atoms with Gasteiger partial charge in [0.15, 0.2) is 0 Å². The Morgan fingerprint density at radius 3 is 2.12 bits per heavy atom. The van der Waals surface area contributed by atoms with Crippen LogP contribution in [-0.4, -0.2) is 5.37 Å². The van der Waals surface area contributed by atoms with Gasteiger partial charge in [-0.1, -0.05) is 38.2 Å². The smallest absolute Gasteiger partial charge is 0.0394 e. The van der Waals surface area contributed by atoms with Crippen molar-refractivity contribution in [2.75, 3.05) is 0 Å². The molecule has 0 aliphatic rings. The first-order valence-electron chi connectivity index (χ1n) is 2.65. The first kappa shape index (κ1) is 7.83. The molecule has 0 heterocycles. The lowest BCUT2D eigenvalue weighted by Crippen LogP contribution is -2.05. The summed E-state index contributed by atoms with van der Waals surface area (Å²) in [6.45, 7) is 6.04. The van der Waals surface area contributed by atoms with Crippen LogP contribution >= 0.6 is 12.2 Å². The summed E-state index contributed by atoms with van der Waals surface area (Å²) in [7, 11) is 0. The van der Waals surface area contributed by atoms with Gasteiger partial charge >= 0.3 is 0 Å². The Bertz CT molecular complexity index is 101. The minimum Gasteiger partial charge on any atom is -0.0908 e. The fourth-order valence-electron chi connectivity index (χ4n) is 0.451. The Hall–Kier alpha value is -0.170. The molecule has 0 fully saturated rings. The zero-order valence-corrected chi connectivity index (χ0v) is 6.38. The van der Waals surface area contributed by atoms with Crippen molar-refractivity contribution in [3.8, 4) is 0 Å². The van der Waals surface area contributed by atoms with E-state index in [1.54, 1.807) is 0 Å². The van der Waals surface area contributed by atoms with Crippen LogP contribution in [0.15, 0.2) is 12.2 Å².